The number of piperidine rings is 1. The van der Waals surface area contributed by atoms with Gasteiger partial charge >= 0.3 is 5.97 Å². The lowest BCUT2D eigenvalue weighted by atomic mass is 9.95. The Hall–Kier alpha value is -2.68. The number of anilines is 1. The molecule has 1 amide bonds. The maximum Gasteiger partial charge on any atom is 0.309 e. The molecule has 2 saturated heterocycles. The molecule has 11 heteroatoms. The molecule has 1 aromatic heterocycles. The quantitative estimate of drug-likeness (QED) is 0.157. The summed E-state index contributed by atoms with van der Waals surface area (Å²) in [4.78, 5) is 43.3. The van der Waals surface area contributed by atoms with E-state index in [2.05, 4.69) is 11.0 Å². The van der Waals surface area contributed by atoms with Gasteiger partial charge in [0.2, 0.25) is 0 Å². The Balaban J connectivity index is 2.05. The number of nitrogens with zero attached hydrogens (tertiary/aromatic N) is 4. The average molecular weight is 575 g/mol. The third kappa shape index (κ3) is 7.10. The van der Waals surface area contributed by atoms with Gasteiger partial charge in [-0.3, -0.25) is 23.9 Å². The van der Waals surface area contributed by atoms with E-state index >= 15 is 0 Å². The summed E-state index contributed by atoms with van der Waals surface area (Å²) in [6.07, 6.45) is 5.30. The summed E-state index contributed by atoms with van der Waals surface area (Å²) in [7, 11) is 0. The summed E-state index contributed by atoms with van der Waals surface area (Å²) >= 11 is 6.75. The number of rotatable bonds is 12. The van der Waals surface area contributed by atoms with Crippen molar-refractivity contribution >= 4 is 52.1 Å². The zero-order valence-electron chi connectivity index (χ0n) is 23.3. The molecular weight excluding hydrogens is 536 g/mol. The van der Waals surface area contributed by atoms with E-state index in [1.807, 2.05) is 13.8 Å². The van der Waals surface area contributed by atoms with Gasteiger partial charge in [0.1, 0.15) is 21.8 Å². The first-order valence-electron chi connectivity index (χ1n) is 13.7. The first kappa shape index (κ1) is 30.9. The number of ether oxygens (including phenoxy) is 2. The average Bonchev–Trinajstić information content (AvgIpc) is 3.19. The molecule has 0 aromatic carbocycles. The molecule has 9 nitrogen and oxygen atoms in total. The Morgan fingerprint density at radius 1 is 1.15 bits per heavy atom. The minimum atomic E-state index is -0.327. The van der Waals surface area contributed by atoms with Crippen molar-refractivity contribution in [3.63, 3.8) is 0 Å². The number of esters is 1. The van der Waals surface area contributed by atoms with Crippen LogP contribution in [0, 0.1) is 24.2 Å². The van der Waals surface area contributed by atoms with Crippen molar-refractivity contribution in [2.45, 2.75) is 66.3 Å². The van der Waals surface area contributed by atoms with E-state index in [0.717, 1.165) is 12.8 Å². The molecule has 0 unspecified atom stereocenters. The molecule has 1 aromatic rings. The first-order chi connectivity index (χ1) is 18.8. The van der Waals surface area contributed by atoms with E-state index in [1.54, 1.807) is 29.4 Å². The van der Waals surface area contributed by atoms with Crippen molar-refractivity contribution in [3.05, 3.63) is 31.9 Å². The maximum absolute atomic E-state index is 13.5. The molecule has 39 heavy (non-hydrogen) atoms. The van der Waals surface area contributed by atoms with Gasteiger partial charge in [-0.25, -0.2) is 0 Å². The van der Waals surface area contributed by atoms with E-state index < -0.39 is 0 Å². The predicted octanol–water partition coefficient (Wildman–Crippen LogP) is 4.24. The van der Waals surface area contributed by atoms with E-state index in [0.29, 0.717) is 91.4 Å². The maximum atomic E-state index is 13.5. The molecule has 0 bridgehead atoms. The van der Waals surface area contributed by atoms with Gasteiger partial charge < -0.3 is 14.4 Å². The summed E-state index contributed by atoms with van der Waals surface area (Å²) in [6.45, 7) is 11.1. The second-order valence-electron chi connectivity index (χ2n) is 9.56. The molecule has 2 aliphatic rings. The molecule has 3 rings (SSSR count). The van der Waals surface area contributed by atoms with E-state index in [4.69, 9.17) is 21.7 Å². The van der Waals surface area contributed by atoms with Crippen LogP contribution < -0.4 is 10.5 Å². The van der Waals surface area contributed by atoms with E-state index in [9.17, 15) is 19.6 Å². The Kier molecular flexibility index (Phi) is 11.6. The van der Waals surface area contributed by atoms with E-state index in [-0.39, 0.29) is 28.9 Å². The van der Waals surface area contributed by atoms with Crippen molar-refractivity contribution in [1.29, 1.82) is 5.26 Å². The second-order valence-corrected chi connectivity index (χ2v) is 11.2. The normalized spacial score (nSPS) is 17.3. The highest BCUT2D eigenvalue weighted by Crippen LogP contribution is 2.37. The van der Waals surface area contributed by atoms with Crippen LogP contribution in [-0.4, -0.2) is 65.1 Å². The lowest BCUT2D eigenvalue weighted by Gasteiger charge is -2.35. The van der Waals surface area contributed by atoms with E-state index in [1.165, 1.54) is 11.8 Å². The summed E-state index contributed by atoms with van der Waals surface area (Å²) < 4.78 is 12.8. The highest BCUT2D eigenvalue weighted by Gasteiger charge is 2.34. The van der Waals surface area contributed by atoms with Gasteiger partial charge in [0, 0.05) is 45.0 Å². The van der Waals surface area contributed by atoms with Crippen molar-refractivity contribution in [2.75, 3.05) is 44.4 Å². The van der Waals surface area contributed by atoms with Gasteiger partial charge in [0.15, 0.2) is 0 Å². The number of thioether (sulfide) groups is 1. The fourth-order valence-corrected chi connectivity index (χ4v) is 6.18. The zero-order chi connectivity index (χ0) is 28.5. The molecular formula is C28H38N4O5S2. The SMILES string of the molecule is CCCCn1c(N2CCC(C(=O)OCC)CC2)c(/C=C2\SC(=S)N(CCCOCC)C2=O)c(C)c(C#N)c1=O. The predicted molar refractivity (Wildman–Crippen MR) is 158 cm³/mol. The van der Waals surface area contributed by atoms with Crippen LogP contribution in [-0.2, 0) is 25.6 Å². The molecule has 2 aliphatic heterocycles. The molecule has 0 aliphatic carbocycles. The fraction of sp³-hybridized carbons (Fsp3) is 0.607. The van der Waals surface area contributed by atoms with Gasteiger partial charge in [0.05, 0.1) is 17.4 Å². The van der Waals surface area contributed by atoms with Gasteiger partial charge in [-0.2, -0.15) is 5.26 Å². The minimum absolute atomic E-state index is 0.0784. The molecule has 212 valence electrons. The molecule has 0 saturated carbocycles. The molecule has 2 fully saturated rings. The number of aromatic nitrogens is 1. The smallest absolute Gasteiger partial charge is 0.309 e. The van der Waals surface area contributed by atoms with Crippen molar-refractivity contribution in [1.82, 2.24) is 9.47 Å². The Morgan fingerprint density at radius 2 is 1.87 bits per heavy atom. The van der Waals surface area contributed by atoms with Crippen LogP contribution in [0.5, 0.6) is 0 Å². The Bertz CT molecular complexity index is 1210. The highest BCUT2D eigenvalue weighted by molar-refractivity contribution is 8.26. The second kappa shape index (κ2) is 14.6. The number of pyridine rings is 1. The standard InChI is InChI=1S/C28H38N4O5S2/c1-5-8-12-31-24(30-14-10-20(11-15-30)27(35)37-7-3)21(19(4)22(18-29)25(31)33)17-23-26(34)32(28(38)39-23)13-9-16-36-6-2/h17,20H,5-16H2,1-4H3/b23-17-. The largest absolute Gasteiger partial charge is 0.466 e. The third-order valence-corrected chi connectivity index (χ3v) is 8.40. The number of unbranched alkanes of at least 4 members (excludes halogenated alkanes) is 1. The fourth-order valence-electron chi connectivity index (χ4n) is 4.89. The minimum Gasteiger partial charge on any atom is -0.466 e. The summed E-state index contributed by atoms with van der Waals surface area (Å²) in [5.74, 6) is 0.129. The molecule has 0 radical (unpaired) electrons. The lowest BCUT2D eigenvalue weighted by Crippen LogP contribution is -2.41. The van der Waals surface area contributed by atoms with Crippen molar-refractivity contribution in [3.8, 4) is 6.07 Å². The number of hydrogen-bond acceptors (Lipinski definition) is 9. The number of nitriles is 1. The first-order valence-corrected chi connectivity index (χ1v) is 14.9. The summed E-state index contributed by atoms with van der Waals surface area (Å²) in [6, 6.07) is 2.10. The molecule has 3 heterocycles. The Morgan fingerprint density at radius 3 is 2.49 bits per heavy atom. The number of amides is 1. The number of thiocarbonyl (C=S) groups is 1. The summed E-state index contributed by atoms with van der Waals surface area (Å²) in [5, 5.41) is 9.90. The molecule has 0 atom stereocenters. The van der Waals surface area contributed by atoms with Crippen LogP contribution in [0.3, 0.4) is 0 Å². The van der Waals surface area contributed by atoms with Crippen LogP contribution >= 0.6 is 24.0 Å². The monoisotopic (exact) mass is 574 g/mol. The molecule has 0 N–H and O–H groups in total. The van der Waals surface area contributed by atoms with Gasteiger partial charge in [-0.1, -0.05) is 37.3 Å². The van der Waals surface area contributed by atoms with Crippen LogP contribution in [0.2, 0.25) is 0 Å². The van der Waals surface area contributed by atoms with Crippen LogP contribution in [0.4, 0.5) is 5.82 Å². The van der Waals surface area contributed by atoms with Gasteiger partial charge in [-0.05, 0) is 58.1 Å². The number of hydrogen-bond donors (Lipinski definition) is 0. The Labute approximate surface area is 240 Å². The summed E-state index contributed by atoms with van der Waals surface area (Å²) in [5.41, 5.74) is 0.965. The molecule has 0 spiro atoms. The highest BCUT2D eigenvalue weighted by atomic mass is 32.2. The lowest BCUT2D eigenvalue weighted by molar-refractivity contribution is -0.148. The van der Waals surface area contributed by atoms with Crippen molar-refractivity contribution < 1.29 is 19.1 Å². The topological polar surface area (TPSA) is 105 Å². The van der Waals surface area contributed by atoms with Gasteiger partial charge in [0.25, 0.3) is 11.5 Å². The zero-order valence-corrected chi connectivity index (χ0v) is 24.9. The number of carbonyl (C=O) groups excluding carboxylic acids is 2. The van der Waals surface area contributed by atoms with Crippen molar-refractivity contribution in [2.24, 2.45) is 5.92 Å². The van der Waals surface area contributed by atoms with Crippen LogP contribution in [0.15, 0.2) is 9.70 Å². The van der Waals surface area contributed by atoms with Crippen LogP contribution in [0.25, 0.3) is 6.08 Å². The third-order valence-electron chi connectivity index (χ3n) is 7.02. The van der Waals surface area contributed by atoms with Gasteiger partial charge in [-0.15, -0.1) is 0 Å². The van der Waals surface area contributed by atoms with Crippen LogP contribution in [0.1, 0.15) is 69.6 Å². The number of carbonyl (C=O) groups is 2.